The summed E-state index contributed by atoms with van der Waals surface area (Å²) in [7, 11) is 1.63. The number of benzene rings is 3. The van der Waals surface area contributed by atoms with Gasteiger partial charge in [0.2, 0.25) is 5.17 Å². The van der Waals surface area contributed by atoms with Crippen molar-refractivity contribution in [3.8, 4) is 17.2 Å². The SMILES string of the molecule is C=CCc1ccc(OCCn2cc(/C=C3/C(=N)N4N=C(COc5ccccc5)SC4=NC3=O)c3ccccc32)c(OC)c1. The number of carbonyl (C=O) groups excluding carboxylic acids is 1. The number of hydrazone groups is 1. The van der Waals surface area contributed by atoms with E-state index in [0.29, 0.717) is 40.6 Å². The van der Waals surface area contributed by atoms with Crippen molar-refractivity contribution in [1.29, 1.82) is 5.41 Å². The van der Waals surface area contributed by atoms with Crippen LogP contribution < -0.4 is 14.2 Å². The number of fused-ring (bicyclic) bond motifs is 2. The lowest BCUT2D eigenvalue weighted by Gasteiger charge is -2.20. The van der Waals surface area contributed by atoms with Crippen LogP contribution in [0.15, 0.2) is 107 Å². The van der Waals surface area contributed by atoms with Gasteiger partial charge in [-0.2, -0.15) is 15.1 Å². The number of carbonyl (C=O) groups is 1. The lowest BCUT2D eigenvalue weighted by molar-refractivity contribution is -0.114. The van der Waals surface area contributed by atoms with E-state index in [1.54, 1.807) is 13.2 Å². The van der Waals surface area contributed by atoms with E-state index in [9.17, 15) is 4.79 Å². The third-order valence-corrected chi connectivity index (χ3v) is 7.80. The van der Waals surface area contributed by atoms with Crippen LogP contribution in [-0.4, -0.2) is 51.9 Å². The first-order valence-electron chi connectivity index (χ1n) is 13.7. The molecule has 216 valence electrons. The number of rotatable bonds is 11. The summed E-state index contributed by atoms with van der Waals surface area (Å²) in [6, 6.07) is 23.2. The summed E-state index contributed by atoms with van der Waals surface area (Å²) >= 11 is 1.23. The molecule has 4 aromatic rings. The zero-order valence-electron chi connectivity index (χ0n) is 23.5. The van der Waals surface area contributed by atoms with Crippen molar-refractivity contribution < 1.29 is 19.0 Å². The molecule has 1 N–H and O–H groups in total. The van der Waals surface area contributed by atoms with Crippen LogP contribution in [0.2, 0.25) is 0 Å². The van der Waals surface area contributed by atoms with Crippen molar-refractivity contribution in [2.24, 2.45) is 10.1 Å². The van der Waals surface area contributed by atoms with Crippen LogP contribution in [-0.2, 0) is 17.8 Å². The van der Waals surface area contributed by atoms with Gasteiger partial charge in [0, 0.05) is 22.7 Å². The highest BCUT2D eigenvalue weighted by Crippen LogP contribution is 2.31. The number of allylic oxidation sites excluding steroid dienone is 1. The Labute approximate surface area is 253 Å². The molecule has 0 unspecified atom stereocenters. The van der Waals surface area contributed by atoms with Gasteiger partial charge in [0.15, 0.2) is 17.3 Å². The highest BCUT2D eigenvalue weighted by molar-refractivity contribution is 8.27. The van der Waals surface area contributed by atoms with Crippen LogP contribution in [0.5, 0.6) is 17.2 Å². The van der Waals surface area contributed by atoms with Gasteiger partial charge in [-0.15, -0.1) is 6.58 Å². The van der Waals surface area contributed by atoms with E-state index in [4.69, 9.17) is 19.6 Å². The zero-order chi connectivity index (χ0) is 29.8. The maximum atomic E-state index is 13.1. The van der Waals surface area contributed by atoms with Crippen LogP contribution in [0.1, 0.15) is 11.1 Å². The smallest absolute Gasteiger partial charge is 0.283 e. The highest BCUT2D eigenvalue weighted by atomic mass is 32.2. The molecule has 0 aliphatic carbocycles. The molecule has 0 radical (unpaired) electrons. The molecule has 0 fully saturated rings. The second-order valence-corrected chi connectivity index (χ2v) is 10.8. The van der Waals surface area contributed by atoms with Gasteiger partial charge in [-0.1, -0.05) is 48.5 Å². The molecule has 6 rings (SSSR count). The molecule has 0 saturated heterocycles. The quantitative estimate of drug-likeness (QED) is 0.166. The number of ether oxygens (including phenoxy) is 3. The van der Waals surface area contributed by atoms with Crippen molar-refractivity contribution in [1.82, 2.24) is 9.58 Å². The van der Waals surface area contributed by atoms with Crippen LogP contribution in [0.4, 0.5) is 0 Å². The number of hydrogen-bond acceptors (Lipinski definition) is 7. The Bertz CT molecular complexity index is 1810. The predicted octanol–water partition coefficient (Wildman–Crippen LogP) is 6.16. The number of nitrogens with zero attached hydrogens (tertiary/aromatic N) is 4. The Morgan fingerprint density at radius 3 is 2.65 bits per heavy atom. The Morgan fingerprint density at radius 1 is 1.02 bits per heavy atom. The Kier molecular flexibility index (Phi) is 8.10. The van der Waals surface area contributed by atoms with Crippen molar-refractivity contribution in [3.63, 3.8) is 0 Å². The fourth-order valence-corrected chi connectivity index (χ4v) is 5.66. The molecule has 1 amide bonds. The molecule has 0 spiro atoms. The summed E-state index contributed by atoms with van der Waals surface area (Å²) in [4.78, 5) is 17.3. The fourth-order valence-electron chi connectivity index (χ4n) is 4.86. The van der Waals surface area contributed by atoms with Crippen LogP contribution in [0.25, 0.3) is 17.0 Å². The van der Waals surface area contributed by atoms with Gasteiger partial charge < -0.3 is 18.8 Å². The van der Waals surface area contributed by atoms with Gasteiger partial charge in [0.1, 0.15) is 24.0 Å². The van der Waals surface area contributed by atoms with E-state index in [1.807, 2.05) is 85.1 Å². The average Bonchev–Trinajstić information content (AvgIpc) is 3.60. The van der Waals surface area contributed by atoms with Gasteiger partial charge >= 0.3 is 0 Å². The molecule has 3 aromatic carbocycles. The molecule has 10 heteroatoms. The standard InChI is InChI=1S/C33H29N5O4S/c1-3-9-22-14-15-28(29(18-22)40-2)41-17-16-37-20-23(25-12-7-8-13-27(25)37)19-26-31(34)38-33(35-32(26)39)43-30(36-38)21-42-24-10-5-4-6-11-24/h3-8,10-15,18-20,34H,1,9,16-17,21H2,2H3/b26-19-,34-31?. The van der Waals surface area contributed by atoms with Gasteiger partial charge in [-0.25, -0.2) is 0 Å². The maximum absolute atomic E-state index is 13.1. The number of methoxy groups -OCH3 is 1. The van der Waals surface area contributed by atoms with Crippen LogP contribution in [0, 0.1) is 5.41 Å². The summed E-state index contributed by atoms with van der Waals surface area (Å²) in [6.07, 6.45) is 6.28. The predicted molar refractivity (Wildman–Crippen MR) is 171 cm³/mol. The first kappa shape index (κ1) is 28.0. The summed E-state index contributed by atoms with van der Waals surface area (Å²) in [5, 5.41) is 16.6. The Morgan fingerprint density at radius 2 is 1.84 bits per heavy atom. The van der Waals surface area contributed by atoms with Crippen LogP contribution in [0.3, 0.4) is 0 Å². The largest absolute Gasteiger partial charge is 0.493 e. The number of aliphatic imine (C=N–C) groups is 1. The molecule has 0 saturated carbocycles. The van der Waals surface area contributed by atoms with E-state index >= 15 is 0 Å². The number of hydrogen-bond donors (Lipinski definition) is 1. The average molecular weight is 592 g/mol. The van der Waals surface area contributed by atoms with E-state index in [2.05, 4.69) is 21.2 Å². The fraction of sp³-hybridized carbons (Fsp3) is 0.152. The lowest BCUT2D eigenvalue weighted by Crippen LogP contribution is -2.35. The molecular formula is C33H29N5O4S. The summed E-state index contributed by atoms with van der Waals surface area (Å²) < 4.78 is 19.5. The minimum Gasteiger partial charge on any atom is -0.493 e. The van der Waals surface area contributed by atoms with E-state index in [1.165, 1.54) is 16.8 Å². The van der Waals surface area contributed by atoms with Gasteiger partial charge in [0.05, 0.1) is 19.2 Å². The van der Waals surface area contributed by atoms with E-state index in [0.717, 1.165) is 28.5 Å². The number of nitrogens with one attached hydrogen (secondary N) is 1. The molecule has 9 nitrogen and oxygen atoms in total. The molecule has 0 bridgehead atoms. The topological polar surface area (TPSA) is 102 Å². The van der Waals surface area contributed by atoms with Crippen molar-refractivity contribution >= 4 is 50.7 Å². The molecule has 2 aliphatic heterocycles. The van der Waals surface area contributed by atoms with Crippen LogP contribution >= 0.6 is 11.8 Å². The second kappa shape index (κ2) is 12.4. The molecule has 2 aliphatic rings. The minimum absolute atomic E-state index is 0.0237. The normalized spacial score (nSPS) is 15.4. The second-order valence-electron chi connectivity index (χ2n) is 9.74. The van der Waals surface area contributed by atoms with Gasteiger partial charge in [-0.05, 0) is 60.2 Å². The molecule has 3 heterocycles. The summed E-state index contributed by atoms with van der Waals surface area (Å²) in [6.45, 7) is 4.97. The lowest BCUT2D eigenvalue weighted by atomic mass is 10.1. The number of amidine groups is 2. The Hall–Kier alpha value is -5.09. The first-order valence-corrected chi connectivity index (χ1v) is 14.5. The van der Waals surface area contributed by atoms with Gasteiger partial charge in [-0.3, -0.25) is 10.2 Å². The van der Waals surface area contributed by atoms with Crippen molar-refractivity contribution in [3.05, 3.63) is 108 Å². The number of thioether (sulfide) groups is 1. The maximum Gasteiger partial charge on any atom is 0.283 e. The molecule has 43 heavy (non-hydrogen) atoms. The van der Waals surface area contributed by atoms with Crippen molar-refractivity contribution in [2.75, 3.05) is 20.3 Å². The van der Waals surface area contributed by atoms with Crippen molar-refractivity contribution in [2.45, 2.75) is 13.0 Å². The zero-order valence-corrected chi connectivity index (χ0v) is 24.3. The Balaban J connectivity index is 1.20. The monoisotopic (exact) mass is 591 g/mol. The third kappa shape index (κ3) is 5.96. The number of aromatic nitrogens is 1. The number of para-hydroxylation sites is 2. The van der Waals surface area contributed by atoms with Gasteiger partial charge in [0.25, 0.3) is 5.91 Å². The highest BCUT2D eigenvalue weighted by Gasteiger charge is 2.36. The molecule has 0 atom stereocenters. The minimum atomic E-state index is -0.476. The summed E-state index contributed by atoms with van der Waals surface area (Å²) in [5.41, 5.74) is 3.06. The van der Waals surface area contributed by atoms with E-state index < -0.39 is 5.91 Å². The first-order chi connectivity index (χ1) is 21.0. The van der Waals surface area contributed by atoms with E-state index in [-0.39, 0.29) is 18.0 Å². The number of amides is 1. The summed E-state index contributed by atoms with van der Waals surface area (Å²) in [5.74, 6) is 1.56. The third-order valence-electron chi connectivity index (χ3n) is 6.92. The molecule has 1 aromatic heterocycles. The molecular weight excluding hydrogens is 562 g/mol.